The van der Waals surface area contributed by atoms with Gasteiger partial charge in [-0.3, -0.25) is 29.0 Å². The standard InChI is InChI=1S/C32H31N7O8S/c40-28(41)16-37(17-29(42)43)14-24-3-1-5-26(34-24)32-22(10-7-21-8-11-23(12-9-21)33-20-48)13-39(36-32)27-6-2-4-25(35-27)15-38(18-30(44)45)19-31(46)47/h1-6,8-9,11-13H,7,10,14-19H2,(H,40,41)(H,42,43)(H,44,45)(H,46,47). The second-order valence-corrected chi connectivity index (χ2v) is 10.9. The smallest absolute Gasteiger partial charge is 0.317 e. The van der Waals surface area contributed by atoms with Gasteiger partial charge in [0.15, 0.2) is 5.82 Å². The number of carbonyl (C=O) groups is 4. The van der Waals surface area contributed by atoms with E-state index in [1.54, 1.807) is 47.3 Å². The van der Waals surface area contributed by atoms with Crippen molar-refractivity contribution in [2.24, 2.45) is 4.99 Å². The predicted molar refractivity (Wildman–Crippen MR) is 174 cm³/mol. The van der Waals surface area contributed by atoms with Gasteiger partial charge in [0.2, 0.25) is 0 Å². The maximum absolute atomic E-state index is 11.3. The van der Waals surface area contributed by atoms with Gasteiger partial charge in [-0.2, -0.15) is 10.1 Å². The van der Waals surface area contributed by atoms with Gasteiger partial charge in [-0.15, -0.1) is 0 Å². The summed E-state index contributed by atoms with van der Waals surface area (Å²) < 4.78 is 1.56. The maximum atomic E-state index is 11.3. The lowest BCUT2D eigenvalue weighted by molar-refractivity contribution is -0.144. The van der Waals surface area contributed by atoms with E-state index in [9.17, 15) is 39.6 Å². The Morgan fingerprint density at radius 2 is 1.27 bits per heavy atom. The molecule has 0 fully saturated rings. The Bertz CT molecular complexity index is 1810. The third-order valence-corrected chi connectivity index (χ3v) is 6.96. The van der Waals surface area contributed by atoms with Gasteiger partial charge in [-0.05, 0) is 67.0 Å². The van der Waals surface area contributed by atoms with Crippen LogP contribution in [0.2, 0.25) is 0 Å². The average molecular weight is 674 g/mol. The van der Waals surface area contributed by atoms with Gasteiger partial charge in [-0.1, -0.05) is 24.3 Å². The van der Waals surface area contributed by atoms with Gasteiger partial charge in [0, 0.05) is 24.8 Å². The number of thiocarbonyl (C=S) groups is 1. The van der Waals surface area contributed by atoms with Crippen molar-refractivity contribution < 1.29 is 39.6 Å². The van der Waals surface area contributed by atoms with Gasteiger partial charge < -0.3 is 20.4 Å². The number of pyridine rings is 2. The van der Waals surface area contributed by atoms with Crippen molar-refractivity contribution in [2.75, 3.05) is 26.2 Å². The van der Waals surface area contributed by atoms with Crippen LogP contribution >= 0.6 is 12.2 Å². The fourth-order valence-electron chi connectivity index (χ4n) is 4.94. The monoisotopic (exact) mass is 673 g/mol. The number of nitrogens with zero attached hydrogens (tertiary/aromatic N) is 7. The summed E-state index contributed by atoms with van der Waals surface area (Å²) in [7, 11) is 0. The lowest BCUT2D eigenvalue weighted by atomic mass is 10.0. The van der Waals surface area contributed by atoms with E-state index in [-0.39, 0.29) is 13.1 Å². The molecule has 4 rings (SSSR count). The summed E-state index contributed by atoms with van der Waals surface area (Å²) >= 11 is 4.67. The molecule has 48 heavy (non-hydrogen) atoms. The van der Waals surface area contributed by atoms with E-state index in [0.717, 1.165) is 11.1 Å². The molecule has 4 N–H and O–H groups in total. The average Bonchev–Trinajstić information content (AvgIpc) is 3.44. The molecule has 0 unspecified atom stereocenters. The molecule has 248 valence electrons. The molecular formula is C32H31N7O8S. The van der Waals surface area contributed by atoms with Crippen LogP contribution in [0.4, 0.5) is 5.69 Å². The second kappa shape index (κ2) is 16.8. The van der Waals surface area contributed by atoms with Crippen LogP contribution in [0, 0.1) is 0 Å². The first-order valence-electron chi connectivity index (χ1n) is 14.5. The molecule has 3 heterocycles. The topological polar surface area (TPSA) is 212 Å². The molecule has 4 aromatic rings. The van der Waals surface area contributed by atoms with Crippen LogP contribution in [0.1, 0.15) is 22.5 Å². The zero-order valence-electron chi connectivity index (χ0n) is 25.5. The lowest BCUT2D eigenvalue weighted by Gasteiger charge is -2.17. The van der Waals surface area contributed by atoms with Gasteiger partial charge in [-0.25, -0.2) is 14.6 Å². The minimum absolute atomic E-state index is 0.0220. The number of carboxylic acid groups (broad SMARTS) is 4. The molecule has 3 aromatic heterocycles. The van der Waals surface area contributed by atoms with E-state index in [4.69, 9.17) is 10.1 Å². The Hall–Kier alpha value is -5.67. The van der Waals surface area contributed by atoms with Crippen molar-refractivity contribution in [1.82, 2.24) is 29.5 Å². The van der Waals surface area contributed by atoms with E-state index in [1.165, 1.54) is 9.80 Å². The largest absolute Gasteiger partial charge is 0.480 e. The van der Waals surface area contributed by atoms with E-state index >= 15 is 0 Å². The van der Waals surface area contributed by atoms with Gasteiger partial charge in [0.1, 0.15) is 5.69 Å². The molecule has 15 nitrogen and oxygen atoms in total. The number of isothiocyanates is 1. The molecule has 0 aliphatic heterocycles. The molecule has 0 amide bonds. The number of hydrogen-bond acceptors (Lipinski definition) is 11. The Morgan fingerprint density at radius 1 is 0.729 bits per heavy atom. The van der Waals surface area contributed by atoms with Crippen LogP contribution in [-0.2, 0) is 45.1 Å². The van der Waals surface area contributed by atoms with Crippen LogP contribution < -0.4 is 0 Å². The number of aliphatic carboxylic acids is 4. The highest BCUT2D eigenvalue weighted by Gasteiger charge is 2.19. The molecule has 0 aliphatic rings. The molecule has 0 saturated carbocycles. The van der Waals surface area contributed by atoms with Gasteiger partial charge >= 0.3 is 23.9 Å². The number of hydrogen-bond donors (Lipinski definition) is 4. The summed E-state index contributed by atoms with van der Waals surface area (Å²) in [5, 5.41) is 44.1. The van der Waals surface area contributed by atoms with Crippen molar-refractivity contribution in [3.8, 4) is 17.2 Å². The fourth-order valence-corrected chi connectivity index (χ4v) is 5.04. The maximum Gasteiger partial charge on any atom is 0.317 e. The molecule has 16 heteroatoms. The SMILES string of the molecule is O=C(O)CN(CC(=O)O)Cc1cccc(-c2nn(-c3cccc(CN(CC(=O)O)CC(=O)O)n3)cc2CCc2ccc(N=C=S)cc2)n1. The third kappa shape index (κ3) is 10.7. The highest BCUT2D eigenvalue weighted by atomic mass is 32.1. The Balaban J connectivity index is 1.68. The first-order valence-corrected chi connectivity index (χ1v) is 14.9. The molecule has 0 spiro atoms. The number of aliphatic imine (C=N–C) groups is 1. The van der Waals surface area contributed by atoms with Crippen LogP contribution in [0.3, 0.4) is 0 Å². The number of rotatable bonds is 18. The summed E-state index contributed by atoms with van der Waals surface area (Å²) in [4.78, 5) is 61.0. The molecule has 0 saturated heterocycles. The first-order chi connectivity index (χ1) is 23.0. The Morgan fingerprint density at radius 3 is 1.81 bits per heavy atom. The second-order valence-electron chi connectivity index (χ2n) is 10.7. The van der Waals surface area contributed by atoms with Crippen LogP contribution in [0.25, 0.3) is 17.2 Å². The van der Waals surface area contributed by atoms with Crippen LogP contribution in [-0.4, -0.2) is 105 Å². The summed E-state index contributed by atoms with van der Waals surface area (Å²) in [6, 6.07) is 17.7. The molecule has 1 aromatic carbocycles. The van der Waals surface area contributed by atoms with Crippen LogP contribution in [0.15, 0.2) is 71.9 Å². The van der Waals surface area contributed by atoms with E-state index in [0.29, 0.717) is 47.1 Å². The normalized spacial score (nSPS) is 11.0. The van der Waals surface area contributed by atoms with E-state index in [1.807, 2.05) is 24.3 Å². The number of benzene rings is 1. The van der Waals surface area contributed by atoms with E-state index < -0.39 is 50.1 Å². The summed E-state index contributed by atoms with van der Waals surface area (Å²) in [6.45, 7) is -1.97. The molecule has 0 atom stereocenters. The quantitative estimate of drug-likeness (QED) is 0.0884. The number of aryl methyl sites for hydroxylation is 2. The van der Waals surface area contributed by atoms with Crippen LogP contribution in [0.5, 0.6) is 0 Å². The highest BCUT2D eigenvalue weighted by molar-refractivity contribution is 7.78. The molecule has 0 bridgehead atoms. The summed E-state index contributed by atoms with van der Waals surface area (Å²) in [5.41, 5.74) is 4.38. The summed E-state index contributed by atoms with van der Waals surface area (Å²) in [6.07, 6.45) is 2.96. The predicted octanol–water partition coefficient (Wildman–Crippen LogP) is 2.79. The Kier molecular flexibility index (Phi) is 12.3. The minimum atomic E-state index is -1.17. The zero-order valence-corrected chi connectivity index (χ0v) is 26.3. The third-order valence-electron chi connectivity index (χ3n) is 6.87. The molecular weight excluding hydrogens is 642 g/mol. The zero-order chi connectivity index (χ0) is 34.6. The minimum Gasteiger partial charge on any atom is -0.480 e. The molecule has 0 radical (unpaired) electrons. The van der Waals surface area contributed by atoms with Crippen molar-refractivity contribution >= 4 is 46.9 Å². The number of aromatic nitrogens is 4. The van der Waals surface area contributed by atoms with Crippen molar-refractivity contribution in [2.45, 2.75) is 25.9 Å². The number of carboxylic acids is 4. The summed E-state index contributed by atoms with van der Waals surface area (Å²) in [5.74, 6) is -4.27. The first kappa shape index (κ1) is 35.2. The lowest BCUT2D eigenvalue weighted by Crippen LogP contribution is -2.34. The van der Waals surface area contributed by atoms with Crippen molar-refractivity contribution in [3.05, 3.63) is 89.4 Å². The Labute approximate surface area is 279 Å². The van der Waals surface area contributed by atoms with E-state index in [2.05, 4.69) is 27.4 Å². The van der Waals surface area contributed by atoms with Gasteiger partial charge in [0.25, 0.3) is 0 Å². The van der Waals surface area contributed by atoms with Gasteiger partial charge in [0.05, 0.1) is 54.1 Å². The van der Waals surface area contributed by atoms with Crippen molar-refractivity contribution in [1.29, 1.82) is 0 Å². The molecule has 0 aliphatic carbocycles. The van der Waals surface area contributed by atoms with Crippen molar-refractivity contribution in [3.63, 3.8) is 0 Å². The highest BCUT2D eigenvalue weighted by Crippen LogP contribution is 2.25. The fraction of sp³-hybridized carbons (Fsp3) is 0.250.